The quantitative estimate of drug-likeness (QED) is 0.532. The lowest BCUT2D eigenvalue weighted by atomic mass is 10.0. The van der Waals surface area contributed by atoms with Gasteiger partial charge in [0.25, 0.3) is 0 Å². The minimum absolute atomic E-state index is 0.481. The van der Waals surface area contributed by atoms with Crippen LogP contribution in [0.2, 0.25) is 0 Å². The molecule has 0 aromatic carbocycles. The second-order valence-corrected chi connectivity index (χ2v) is 2.69. The molecule has 0 N–H and O–H groups in total. The van der Waals surface area contributed by atoms with Gasteiger partial charge in [-0.3, -0.25) is 0 Å². The van der Waals surface area contributed by atoms with Crippen molar-refractivity contribution in [3.8, 4) is 6.07 Å². The third kappa shape index (κ3) is 0.838. The van der Waals surface area contributed by atoms with E-state index >= 15 is 0 Å². The van der Waals surface area contributed by atoms with Crippen LogP contribution >= 0.6 is 0 Å². The smallest absolute Gasteiger partial charge is 0.0627 e. The molecule has 0 unspecified atom stereocenters. The highest BCUT2D eigenvalue weighted by Gasteiger charge is 2.39. The van der Waals surface area contributed by atoms with Crippen LogP contribution in [0.25, 0.3) is 0 Å². The third-order valence-electron chi connectivity index (χ3n) is 2.16. The SMILES string of the molecule is CCC1(CC#N)CC1. The van der Waals surface area contributed by atoms with E-state index in [9.17, 15) is 0 Å². The summed E-state index contributed by atoms with van der Waals surface area (Å²) in [6.07, 6.45) is 4.55. The molecule has 1 rings (SSSR count). The predicted molar refractivity (Wildman–Crippen MR) is 32.2 cm³/mol. The van der Waals surface area contributed by atoms with E-state index in [0.29, 0.717) is 5.41 Å². The van der Waals surface area contributed by atoms with Crippen LogP contribution < -0.4 is 0 Å². The Morgan fingerprint density at radius 1 is 1.62 bits per heavy atom. The first-order valence-corrected chi connectivity index (χ1v) is 3.20. The van der Waals surface area contributed by atoms with E-state index in [4.69, 9.17) is 5.26 Å². The molecule has 0 heterocycles. The summed E-state index contributed by atoms with van der Waals surface area (Å²) in [6.45, 7) is 2.17. The Bertz CT molecular complexity index is 117. The summed E-state index contributed by atoms with van der Waals surface area (Å²) in [6, 6.07) is 2.22. The van der Waals surface area contributed by atoms with Gasteiger partial charge in [0, 0.05) is 6.42 Å². The highest BCUT2D eigenvalue weighted by molar-refractivity contribution is 4.97. The molecule has 0 bridgehead atoms. The van der Waals surface area contributed by atoms with Crippen LogP contribution in [-0.4, -0.2) is 0 Å². The molecule has 1 saturated carbocycles. The fourth-order valence-electron chi connectivity index (χ4n) is 1.000. The molecular formula is C7H11N. The van der Waals surface area contributed by atoms with Crippen molar-refractivity contribution in [3.63, 3.8) is 0 Å². The van der Waals surface area contributed by atoms with Crippen molar-refractivity contribution in [1.82, 2.24) is 0 Å². The molecule has 0 aromatic heterocycles. The van der Waals surface area contributed by atoms with Crippen molar-refractivity contribution in [1.29, 1.82) is 5.26 Å². The van der Waals surface area contributed by atoms with Gasteiger partial charge in [-0.15, -0.1) is 0 Å². The molecule has 1 heteroatoms. The van der Waals surface area contributed by atoms with Gasteiger partial charge in [0.2, 0.25) is 0 Å². The molecule has 0 aliphatic heterocycles. The molecule has 0 radical (unpaired) electrons. The summed E-state index contributed by atoms with van der Waals surface area (Å²) in [7, 11) is 0. The Balaban J connectivity index is 2.33. The van der Waals surface area contributed by atoms with Gasteiger partial charge in [0.15, 0.2) is 0 Å². The van der Waals surface area contributed by atoms with E-state index in [1.165, 1.54) is 19.3 Å². The van der Waals surface area contributed by atoms with Gasteiger partial charge in [-0.05, 0) is 24.7 Å². The van der Waals surface area contributed by atoms with Crippen LogP contribution in [0, 0.1) is 16.7 Å². The van der Waals surface area contributed by atoms with Crippen molar-refractivity contribution in [2.45, 2.75) is 32.6 Å². The molecule has 1 aliphatic carbocycles. The lowest BCUT2D eigenvalue weighted by Crippen LogP contribution is -1.93. The fourth-order valence-corrected chi connectivity index (χ4v) is 1.000. The first kappa shape index (κ1) is 5.62. The number of hydrogen-bond donors (Lipinski definition) is 0. The van der Waals surface area contributed by atoms with E-state index < -0.39 is 0 Å². The van der Waals surface area contributed by atoms with E-state index in [1.807, 2.05) is 0 Å². The van der Waals surface area contributed by atoms with E-state index in [1.54, 1.807) is 0 Å². The fraction of sp³-hybridized carbons (Fsp3) is 0.857. The van der Waals surface area contributed by atoms with Gasteiger partial charge in [-0.2, -0.15) is 5.26 Å². The van der Waals surface area contributed by atoms with Crippen molar-refractivity contribution in [2.24, 2.45) is 5.41 Å². The molecule has 0 saturated heterocycles. The molecule has 1 aliphatic rings. The molecule has 0 spiro atoms. The van der Waals surface area contributed by atoms with Gasteiger partial charge in [-0.25, -0.2) is 0 Å². The third-order valence-corrected chi connectivity index (χ3v) is 2.16. The highest BCUT2D eigenvalue weighted by Crippen LogP contribution is 2.51. The van der Waals surface area contributed by atoms with Crippen LogP contribution in [0.3, 0.4) is 0 Å². The molecule has 1 fully saturated rings. The zero-order chi connectivity index (χ0) is 6.04. The van der Waals surface area contributed by atoms with Crippen molar-refractivity contribution < 1.29 is 0 Å². The Labute approximate surface area is 50.3 Å². The van der Waals surface area contributed by atoms with Crippen LogP contribution in [0.1, 0.15) is 32.6 Å². The summed E-state index contributed by atoms with van der Waals surface area (Å²) >= 11 is 0. The number of rotatable bonds is 2. The lowest BCUT2D eigenvalue weighted by Gasteiger charge is -2.02. The molecule has 8 heavy (non-hydrogen) atoms. The maximum atomic E-state index is 8.32. The van der Waals surface area contributed by atoms with Crippen molar-refractivity contribution in [2.75, 3.05) is 0 Å². The van der Waals surface area contributed by atoms with E-state index in [2.05, 4.69) is 13.0 Å². The standard InChI is InChI=1S/C7H11N/c1-2-7(3-4-7)5-6-8/h2-5H2,1H3. The van der Waals surface area contributed by atoms with Crippen molar-refractivity contribution in [3.05, 3.63) is 0 Å². The number of nitrogens with zero attached hydrogens (tertiary/aromatic N) is 1. The minimum atomic E-state index is 0.481. The number of hydrogen-bond acceptors (Lipinski definition) is 1. The number of nitriles is 1. The monoisotopic (exact) mass is 109 g/mol. The summed E-state index contributed by atoms with van der Waals surface area (Å²) in [5, 5.41) is 8.32. The Kier molecular flexibility index (Phi) is 1.25. The van der Waals surface area contributed by atoms with Gasteiger partial charge >= 0.3 is 0 Å². The normalized spacial score (nSPS) is 22.0. The average molecular weight is 109 g/mol. The topological polar surface area (TPSA) is 23.8 Å². The lowest BCUT2D eigenvalue weighted by molar-refractivity contribution is 0.505. The minimum Gasteiger partial charge on any atom is -0.198 e. The Hall–Kier alpha value is -0.510. The second-order valence-electron chi connectivity index (χ2n) is 2.69. The highest BCUT2D eigenvalue weighted by atomic mass is 14.4. The molecule has 1 nitrogen and oxygen atoms in total. The maximum absolute atomic E-state index is 8.32. The predicted octanol–water partition coefficient (Wildman–Crippen LogP) is 2.09. The summed E-state index contributed by atoms with van der Waals surface area (Å²) in [5.74, 6) is 0. The zero-order valence-corrected chi connectivity index (χ0v) is 5.28. The van der Waals surface area contributed by atoms with E-state index in [-0.39, 0.29) is 0 Å². The maximum Gasteiger partial charge on any atom is 0.0627 e. The molecule has 0 amide bonds. The van der Waals surface area contributed by atoms with Crippen molar-refractivity contribution >= 4 is 0 Å². The first-order chi connectivity index (χ1) is 3.83. The second kappa shape index (κ2) is 1.78. The van der Waals surface area contributed by atoms with Crippen LogP contribution in [0.5, 0.6) is 0 Å². The van der Waals surface area contributed by atoms with Gasteiger partial charge in [0.1, 0.15) is 0 Å². The summed E-state index contributed by atoms with van der Waals surface area (Å²) < 4.78 is 0. The van der Waals surface area contributed by atoms with Crippen LogP contribution in [-0.2, 0) is 0 Å². The zero-order valence-electron chi connectivity index (χ0n) is 5.28. The Morgan fingerprint density at radius 2 is 2.25 bits per heavy atom. The molecule has 0 aromatic rings. The molecule has 0 atom stereocenters. The molecule has 44 valence electrons. The van der Waals surface area contributed by atoms with E-state index in [0.717, 1.165) is 6.42 Å². The van der Waals surface area contributed by atoms with Crippen LogP contribution in [0.4, 0.5) is 0 Å². The van der Waals surface area contributed by atoms with Gasteiger partial charge < -0.3 is 0 Å². The van der Waals surface area contributed by atoms with Crippen LogP contribution in [0.15, 0.2) is 0 Å². The Morgan fingerprint density at radius 3 is 2.38 bits per heavy atom. The van der Waals surface area contributed by atoms with Gasteiger partial charge in [-0.1, -0.05) is 6.92 Å². The van der Waals surface area contributed by atoms with Gasteiger partial charge in [0.05, 0.1) is 6.07 Å². The average Bonchev–Trinajstić information content (AvgIpc) is 2.50. The summed E-state index contributed by atoms with van der Waals surface area (Å²) in [4.78, 5) is 0. The largest absolute Gasteiger partial charge is 0.198 e. The summed E-state index contributed by atoms with van der Waals surface area (Å²) in [5.41, 5.74) is 0.481. The molecular weight excluding hydrogens is 98.1 g/mol. The first-order valence-electron chi connectivity index (χ1n) is 3.20.